The molecule has 1 aromatic heterocycles. The Balaban J connectivity index is 0.000000336. The van der Waals surface area contributed by atoms with Gasteiger partial charge in [-0.2, -0.15) is 0 Å². The Morgan fingerprint density at radius 1 is 1.33 bits per heavy atom. The molecule has 0 atom stereocenters. The Bertz CT molecular complexity index is 273. The van der Waals surface area contributed by atoms with Crippen LogP contribution < -0.4 is 0 Å². The summed E-state index contributed by atoms with van der Waals surface area (Å²) in [6.45, 7) is 6.17. The van der Waals surface area contributed by atoms with E-state index < -0.39 is 0 Å². The fourth-order valence-corrected chi connectivity index (χ4v) is 1.95. The second-order valence-electron chi connectivity index (χ2n) is 2.65. The Hall–Kier alpha value is -0.630. The summed E-state index contributed by atoms with van der Waals surface area (Å²) in [5.41, 5.74) is 4.59. The fourth-order valence-electron chi connectivity index (χ4n) is 1.20. The van der Waals surface area contributed by atoms with Crippen molar-refractivity contribution in [3.05, 3.63) is 21.7 Å². The van der Waals surface area contributed by atoms with Crippen molar-refractivity contribution in [3.8, 4) is 0 Å². The highest BCUT2D eigenvalue weighted by Gasteiger charge is 2.08. The number of thiazole rings is 1. The van der Waals surface area contributed by atoms with E-state index in [-0.39, 0.29) is 0 Å². The molecule has 0 bridgehead atoms. The normalized spacial score (nSPS) is 14.1. The first-order valence-electron chi connectivity index (χ1n) is 4.46. The lowest BCUT2D eigenvalue weighted by Crippen LogP contribution is -1.93. The highest BCUT2D eigenvalue weighted by molar-refractivity contribution is 7.09. The lowest BCUT2D eigenvalue weighted by atomic mass is 10.0. The monoisotopic (exact) mass is 181 g/mol. The van der Waals surface area contributed by atoms with Crippen molar-refractivity contribution in [3.63, 3.8) is 0 Å². The summed E-state index contributed by atoms with van der Waals surface area (Å²) < 4.78 is 0. The van der Waals surface area contributed by atoms with Crippen molar-refractivity contribution in [1.82, 2.24) is 4.98 Å². The summed E-state index contributed by atoms with van der Waals surface area (Å²) >= 11 is 1.77. The molecule has 0 amide bonds. The Morgan fingerprint density at radius 3 is 2.83 bits per heavy atom. The van der Waals surface area contributed by atoms with Crippen molar-refractivity contribution < 1.29 is 0 Å². The minimum Gasteiger partial charge on any atom is -0.245 e. The first-order valence-corrected chi connectivity index (χ1v) is 5.34. The molecule has 0 fully saturated rings. The van der Waals surface area contributed by atoms with Crippen LogP contribution in [0.2, 0.25) is 0 Å². The predicted octanol–water partition coefficient (Wildman–Crippen LogP) is 3.52. The standard InChI is InChI=1S/C8H9NS.C2H6/c1-6-2-3-8-7(4-6)9-5-10-8;1-2/h4-5H,2-3H2,1H3;1-2H3. The van der Waals surface area contributed by atoms with Crippen molar-refractivity contribution in [2.24, 2.45) is 0 Å². The maximum atomic E-state index is 4.25. The van der Waals surface area contributed by atoms with Gasteiger partial charge in [-0.05, 0) is 25.8 Å². The van der Waals surface area contributed by atoms with Gasteiger partial charge in [0, 0.05) is 4.88 Å². The van der Waals surface area contributed by atoms with Crippen molar-refractivity contribution in [1.29, 1.82) is 0 Å². The van der Waals surface area contributed by atoms with Gasteiger partial charge in [-0.15, -0.1) is 11.3 Å². The maximum absolute atomic E-state index is 4.25. The highest BCUT2D eigenvalue weighted by atomic mass is 32.1. The molecule has 1 heterocycles. The lowest BCUT2D eigenvalue weighted by Gasteiger charge is -2.06. The molecular formula is C10H15NS. The summed E-state index contributed by atoms with van der Waals surface area (Å²) in [5, 5.41) is 0. The van der Waals surface area contributed by atoms with Gasteiger partial charge >= 0.3 is 0 Å². The van der Waals surface area contributed by atoms with Crippen LogP contribution in [0.3, 0.4) is 0 Å². The summed E-state index contributed by atoms with van der Waals surface area (Å²) in [6, 6.07) is 0. The average molecular weight is 181 g/mol. The van der Waals surface area contributed by atoms with Crippen LogP contribution in [-0.2, 0) is 6.42 Å². The molecule has 2 rings (SSSR count). The third-order valence-electron chi connectivity index (χ3n) is 1.80. The molecular weight excluding hydrogens is 166 g/mol. The number of fused-ring (bicyclic) bond motifs is 1. The van der Waals surface area contributed by atoms with E-state index >= 15 is 0 Å². The topological polar surface area (TPSA) is 12.9 Å². The third-order valence-corrected chi connectivity index (χ3v) is 2.71. The molecule has 2 heteroatoms. The SMILES string of the molecule is CC.CC1=Cc2ncsc2CC1. The number of aryl methyl sites for hydroxylation is 1. The van der Waals surface area contributed by atoms with E-state index in [1.54, 1.807) is 11.3 Å². The van der Waals surface area contributed by atoms with Gasteiger partial charge in [0.15, 0.2) is 0 Å². The van der Waals surface area contributed by atoms with Crippen LogP contribution in [0, 0.1) is 0 Å². The zero-order valence-electron chi connectivity index (χ0n) is 7.92. The van der Waals surface area contributed by atoms with Gasteiger partial charge in [0.2, 0.25) is 0 Å². The summed E-state index contributed by atoms with van der Waals surface area (Å²) in [5.74, 6) is 0. The molecule has 0 unspecified atom stereocenters. The quantitative estimate of drug-likeness (QED) is 0.596. The van der Waals surface area contributed by atoms with Crippen LogP contribution in [0.25, 0.3) is 6.08 Å². The molecule has 0 aromatic carbocycles. The molecule has 12 heavy (non-hydrogen) atoms. The molecule has 0 radical (unpaired) electrons. The van der Waals surface area contributed by atoms with Crippen LogP contribution >= 0.6 is 11.3 Å². The van der Waals surface area contributed by atoms with E-state index in [1.165, 1.54) is 29.0 Å². The number of hydrogen-bond acceptors (Lipinski definition) is 2. The smallest absolute Gasteiger partial charge is 0.0801 e. The molecule has 1 aliphatic rings. The van der Waals surface area contributed by atoms with Gasteiger partial charge in [0.05, 0.1) is 11.2 Å². The number of hydrogen-bond donors (Lipinski definition) is 0. The number of aromatic nitrogens is 1. The molecule has 0 saturated heterocycles. The number of allylic oxidation sites excluding steroid dienone is 1. The van der Waals surface area contributed by atoms with E-state index in [0.29, 0.717) is 0 Å². The predicted molar refractivity (Wildman–Crippen MR) is 55.4 cm³/mol. The zero-order chi connectivity index (χ0) is 8.97. The second kappa shape index (κ2) is 4.41. The molecule has 1 aromatic rings. The van der Waals surface area contributed by atoms with Crippen molar-refractivity contribution >= 4 is 17.4 Å². The fraction of sp³-hybridized carbons (Fsp3) is 0.500. The molecule has 0 aliphatic heterocycles. The van der Waals surface area contributed by atoms with E-state index in [4.69, 9.17) is 0 Å². The van der Waals surface area contributed by atoms with Crippen molar-refractivity contribution in [2.45, 2.75) is 33.6 Å². The molecule has 0 saturated carbocycles. The lowest BCUT2D eigenvalue weighted by molar-refractivity contribution is 0.939. The summed E-state index contributed by atoms with van der Waals surface area (Å²) in [6.07, 6.45) is 4.60. The van der Waals surface area contributed by atoms with Gasteiger partial charge < -0.3 is 0 Å². The Morgan fingerprint density at radius 2 is 2.08 bits per heavy atom. The summed E-state index contributed by atoms with van der Waals surface area (Å²) in [7, 11) is 0. The van der Waals surface area contributed by atoms with Crippen LogP contribution in [0.5, 0.6) is 0 Å². The van der Waals surface area contributed by atoms with Crippen LogP contribution in [-0.4, -0.2) is 4.98 Å². The van der Waals surface area contributed by atoms with Gasteiger partial charge in [-0.25, -0.2) is 4.98 Å². The summed E-state index contributed by atoms with van der Waals surface area (Å²) in [4.78, 5) is 5.70. The van der Waals surface area contributed by atoms with Crippen molar-refractivity contribution in [2.75, 3.05) is 0 Å². The molecule has 1 nitrogen and oxygen atoms in total. The second-order valence-corrected chi connectivity index (χ2v) is 3.59. The van der Waals surface area contributed by atoms with Crippen LogP contribution in [0.4, 0.5) is 0 Å². The first kappa shape index (κ1) is 9.46. The van der Waals surface area contributed by atoms with E-state index in [9.17, 15) is 0 Å². The van der Waals surface area contributed by atoms with Gasteiger partial charge in [0.1, 0.15) is 0 Å². The highest BCUT2D eigenvalue weighted by Crippen LogP contribution is 2.25. The van der Waals surface area contributed by atoms with Gasteiger partial charge in [-0.3, -0.25) is 0 Å². The molecule has 0 N–H and O–H groups in total. The first-order chi connectivity index (χ1) is 5.86. The molecule has 66 valence electrons. The zero-order valence-corrected chi connectivity index (χ0v) is 8.74. The van der Waals surface area contributed by atoms with Gasteiger partial charge in [-0.1, -0.05) is 19.4 Å². The molecule has 0 spiro atoms. The number of nitrogens with zero attached hydrogens (tertiary/aromatic N) is 1. The molecule has 1 aliphatic carbocycles. The van der Waals surface area contributed by atoms with E-state index in [2.05, 4.69) is 18.0 Å². The number of rotatable bonds is 0. The average Bonchev–Trinajstić information content (AvgIpc) is 2.54. The largest absolute Gasteiger partial charge is 0.245 e. The van der Waals surface area contributed by atoms with Crippen LogP contribution in [0.1, 0.15) is 37.8 Å². The van der Waals surface area contributed by atoms with E-state index in [1.807, 2.05) is 19.4 Å². The minimum absolute atomic E-state index is 1.20. The Labute approximate surface area is 78.2 Å². The Kier molecular flexibility index (Phi) is 3.48. The van der Waals surface area contributed by atoms with E-state index in [0.717, 1.165) is 0 Å². The van der Waals surface area contributed by atoms with Gasteiger partial charge in [0.25, 0.3) is 0 Å². The minimum atomic E-state index is 1.20. The third kappa shape index (κ3) is 1.95. The van der Waals surface area contributed by atoms with Crippen LogP contribution in [0.15, 0.2) is 11.1 Å². The maximum Gasteiger partial charge on any atom is 0.0801 e.